The molecule has 0 bridgehead atoms. The van der Waals surface area contributed by atoms with Crippen molar-refractivity contribution < 1.29 is 9.59 Å². The normalized spacial score (nSPS) is 15.5. The molecule has 0 spiro atoms. The van der Waals surface area contributed by atoms with Crippen molar-refractivity contribution in [3.63, 3.8) is 0 Å². The van der Waals surface area contributed by atoms with E-state index in [4.69, 9.17) is 0 Å². The van der Waals surface area contributed by atoms with E-state index in [0.29, 0.717) is 19.5 Å². The van der Waals surface area contributed by atoms with Crippen molar-refractivity contribution in [2.45, 2.75) is 25.3 Å². The molecule has 0 aliphatic carbocycles. The fourth-order valence-corrected chi connectivity index (χ4v) is 4.00. The zero-order valence-corrected chi connectivity index (χ0v) is 15.6. The molecular formula is C20H25N3O2S. The van der Waals surface area contributed by atoms with Crippen LogP contribution in [0, 0.1) is 0 Å². The van der Waals surface area contributed by atoms with E-state index in [1.807, 2.05) is 30.3 Å². The van der Waals surface area contributed by atoms with Gasteiger partial charge in [-0.05, 0) is 60.3 Å². The fraction of sp³-hybridized carbons (Fsp3) is 0.400. The summed E-state index contributed by atoms with van der Waals surface area (Å²) in [6.07, 6.45) is 3.09. The van der Waals surface area contributed by atoms with Crippen LogP contribution in [0.3, 0.4) is 0 Å². The minimum Gasteiger partial charge on any atom is -0.348 e. The van der Waals surface area contributed by atoms with Crippen LogP contribution in [0.1, 0.15) is 30.0 Å². The molecule has 1 aromatic carbocycles. The molecule has 26 heavy (non-hydrogen) atoms. The van der Waals surface area contributed by atoms with Gasteiger partial charge in [-0.15, -0.1) is 0 Å². The molecule has 2 N–H and O–H groups in total. The zero-order chi connectivity index (χ0) is 18.2. The number of hydrogen-bond acceptors (Lipinski definition) is 4. The van der Waals surface area contributed by atoms with Gasteiger partial charge in [0.2, 0.25) is 0 Å². The lowest BCUT2D eigenvalue weighted by molar-refractivity contribution is -0.139. The van der Waals surface area contributed by atoms with Crippen LogP contribution in [0.25, 0.3) is 0 Å². The average Bonchev–Trinajstić information content (AvgIpc) is 3.37. The van der Waals surface area contributed by atoms with Crippen LogP contribution in [-0.2, 0) is 16.0 Å². The maximum absolute atomic E-state index is 12.1. The molecule has 2 aromatic rings. The molecule has 1 fully saturated rings. The van der Waals surface area contributed by atoms with E-state index in [1.54, 1.807) is 11.3 Å². The average molecular weight is 372 g/mol. The van der Waals surface area contributed by atoms with E-state index in [2.05, 4.69) is 32.4 Å². The third kappa shape index (κ3) is 5.16. The first kappa shape index (κ1) is 18.6. The SMILES string of the molecule is O=C(NCCc1ccccc1)C(=O)NCC(c1ccsc1)N1CCCC1. The van der Waals surface area contributed by atoms with Crippen LogP contribution >= 0.6 is 11.3 Å². The Balaban J connectivity index is 1.46. The van der Waals surface area contributed by atoms with Crippen molar-refractivity contribution in [2.75, 3.05) is 26.2 Å². The van der Waals surface area contributed by atoms with Crippen molar-refractivity contribution in [3.8, 4) is 0 Å². The monoisotopic (exact) mass is 371 g/mol. The van der Waals surface area contributed by atoms with Gasteiger partial charge in [-0.1, -0.05) is 30.3 Å². The summed E-state index contributed by atoms with van der Waals surface area (Å²) in [5.41, 5.74) is 2.35. The number of hydrogen-bond donors (Lipinski definition) is 2. The summed E-state index contributed by atoms with van der Waals surface area (Å²) in [7, 11) is 0. The molecule has 3 rings (SSSR count). The van der Waals surface area contributed by atoms with Gasteiger partial charge in [-0.25, -0.2) is 0 Å². The van der Waals surface area contributed by atoms with E-state index in [1.165, 1.54) is 18.4 Å². The highest BCUT2D eigenvalue weighted by atomic mass is 32.1. The van der Waals surface area contributed by atoms with Gasteiger partial charge in [0.05, 0.1) is 6.04 Å². The summed E-state index contributed by atoms with van der Waals surface area (Å²) in [6.45, 7) is 3.00. The second-order valence-corrected chi connectivity index (χ2v) is 7.30. The molecule has 1 saturated heterocycles. The van der Waals surface area contributed by atoms with Crippen LogP contribution in [0.4, 0.5) is 0 Å². The Morgan fingerprint density at radius 2 is 1.77 bits per heavy atom. The number of nitrogens with one attached hydrogen (secondary N) is 2. The van der Waals surface area contributed by atoms with E-state index >= 15 is 0 Å². The first-order valence-electron chi connectivity index (χ1n) is 9.10. The van der Waals surface area contributed by atoms with Crippen LogP contribution in [0.5, 0.6) is 0 Å². The third-order valence-corrected chi connectivity index (χ3v) is 5.42. The first-order valence-corrected chi connectivity index (χ1v) is 10.0. The predicted octanol–water partition coefficient (Wildman–Crippen LogP) is 2.36. The number of thiophene rings is 1. The van der Waals surface area contributed by atoms with Crippen molar-refractivity contribution in [3.05, 3.63) is 58.3 Å². The molecule has 0 radical (unpaired) electrons. The van der Waals surface area contributed by atoms with E-state index < -0.39 is 11.8 Å². The van der Waals surface area contributed by atoms with Crippen molar-refractivity contribution in [1.82, 2.24) is 15.5 Å². The summed E-state index contributed by atoms with van der Waals surface area (Å²) in [5, 5.41) is 9.68. The minimum absolute atomic E-state index is 0.143. The molecule has 1 unspecified atom stereocenters. The molecule has 2 amide bonds. The number of carbonyl (C=O) groups excluding carboxylic acids is 2. The van der Waals surface area contributed by atoms with E-state index in [-0.39, 0.29) is 6.04 Å². The maximum atomic E-state index is 12.1. The summed E-state index contributed by atoms with van der Waals surface area (Å²) in [4.78, 5) is 26.5. The Morgan fingerprint density at radius 1 is 1.04 bits per heavy atom. The predicted molar refractivity (Wildman–Crippen MR) is 104 cm³/mol. The van der Waals surface area contributed by atoms with Crippen molar-refractivity contribution >= 4 is 23.2 Å². The summed E-state index contributed by atoms with van der Waals surface area (Å²) in [5.74, 6) is -1.12. The second kappa shape index (κ2) is 9.50. The number of nitrogens with zero attached hydrogens (tertiary/aromatic N) is 1. The Kier molecular flexibility index (Phi) is 6.80. The molecule has 138 valence electrons. The van der Waals surface area contributed by atoms with E-state index in [0.717, 1.165) is 18.7 Å². The lowest BCUT2D eigenvalue weighted by Gasteiger charge is -2.27. The highest BCUT2D eigenvalue weighted by Gasteiger charge is 2.25. The number of benzene rings is 1. The topological polar surface area (TPSA) is 61.4 Å². The standard InChI is InChI=1S/C20H25N3O2S/c24-19(21-10-8-16-6-2-1-3-7-16)20(25)22-14-18(17-9-13-26-15-17)23-11-4-5-12-23/h1-3,6-7,9,13,15,18H,4-5,8,10-12,14H2,(H,21,24)(H,22,25). The third-order valence-electron chi connectivity index (χ3n) is 4.71. The molecule has 1 aromatic heterocycles. The molecule has 6 heteroatoms. The zero-order valence-electron chi connectivity index (χ0n) is 14.8. The molecule has 5 nitrogen and oxygen atoms in total. The van der Waals surface area contributed by atoms with Gasteiger partial charge < -0.3 is 10.6 Å². The first-order chi connectivity index (χ1) is 12.7. The summed E-state index contributed by atoms with van der Waals surface area (Å²) < 4.78 is 0. The second-order valence-electron chi connectivity index (χ2n) is 6.52. The van der Waals surface area contributed by atoms with Gasteiger partial charge in [0.25, 0.3) is 0 Å². The van der Waals surface area contributed by atoms with Gasteiger partial charge in [0.15, 0.2) is 0 Å². The quantitative estimate of drug-likeness (QED) is 0.735. The van der Waals surface area contributed by atoms with Crippen molar-refractivity contribution in [1.29, 1.82) is 0 Å². The smallest absolute Gasteiger partial charge is 0.309 e. The Labute approximate surface area is 158 Å². The van der Waals surface area contributed by atoms with E-state index in [9.17, 15) is 9.59 Å². The van der Waals surface area contributed by atoms with Gasteiger partial charge in [0, 0.05) is 13.1 Å². The van der Waals surface area contributed by atoms with Crippen molar-refractivity contribution in [2.24, 2.45) is 0 Å². The number of carbonyl (C=O) groups is 2. The number of likely N-dealkylation sites (tertiary alicyclic amines) is 1. The number of amides is 2. The maximum Gasteiger partial charge on any atom is 0.309 e. The van der Waals surface area contributed by atoms with Crippen LogP contribution in [0.2, 0.25) is 0 Å². The number of rotatable bonds is 7. The largest absolute Gasteiger partial charge is 0.348 e. The lowest BCUT2D eigenvalue weighted by atomic mass is 10.1. The minimum atomic E-state index is -0.563. The van der Waals surface area contributed by atoms with Gasteiger partial charge in [-0.3, -0.25) is 14.5 Å². The van der Waals surface area contributed by atoms with Crippen LogP contribution in [-0.4, -0.2) is 42.9 Å². The Morgan fingerprint density at radius 3 is 2.46 bits per heavy atom. The van der Waals surface area contributed by atoms with Gasteiger partial charge in [0.1, 0.15) is 0 Å². The Bertz CT molecular complexity index is 697. The molecule has 1 aliphatic rings. The molecule has 1 atom stereocenters. The van der Waals surface area contributed by atoms with Gasteiger partial charge >= 0.3 is 11.8 Å². The molecule has 0 saturated carbocycles. The highest BCUT2D eigenvalue weighted by molar-refractivity contribution is 7.07. The van der Waals surface area contributed by atoms with Crippen LogP contribution in [0.15, 0.2) is 47.2 Å². The molecular weight excluding hydrogens is 346 g/mol. The highest BCUT2D eigenvalue weighted by Crippen LogP contribution is 2.26. The summed E-state index contributed by atoms with van der Waals surface area (Å²) in [6, 6.07) is 12.1. The fourth-order valence-electron chi connectivity index (χ4n) is 3.29. The Hall–Kier alpha value is -2.18. The molecule has 1 aliphatic heterocycles. The molecule has 2 heterocycles. The van der Waals surface area contributed by atoms with Crippen LogP contribution < -0.4 is 10.6 Å². The summed E-state index contributed by atoms with van der Waals surface area (Å²) >= 11 is 1.66. The van der Waals surface area contributed by atoms with Gasteiger partial charge in [-0.2, -0.15) is 11.3 Å². The lowest BCUT2D eigenvalue weighted by Crippen LogP contribution is -2.44.